The van der Waals surface area contributed by atoms with Crippen LogP contribution < -0.4 is 16.2 Å². The summed E-state index contributed by atoms with van der Waals surface area (Å²) in [5.74, 6) is 0.631. The van der Waals surface area contributed by atoms with Crippen molar-refractivity contribution in [1.29, 1.82) is 5.26 Å². The Morgan fingerprint density at radius 3 is 2.83 bits per heavy atom. The van der Waals surface area contributed by atoms with E-state index in [2.05, 4.69) is 4.98 Å². The number of fused-ring (bicyclic) bond motifs is 1. The maximum atomic E-state index is 12.2. The molecule has 7 heteroatoms. The summed E-state index contributed by atoms with van der Waals surface area (Å²) in [5.41, 5.74) is 5.03. The normalized spacial score (nSPS) is 21.8. The number of ether oxygens (including phenoxy) is 1. The number of aliphatic hydroxyl groups is 1. The number of hydrogen-bond acceptors (Lipinski definition) is 6. The number of nitrogens with zero attached hydrogens (tertiary/aromatic N) is 3. The van der Waals surface area contributed by atoms with Gasteiger partial charge in [0.15, 0.2) is 0 Å². The van der Waals surface area contributed by atoms with Gasteiger partial charge in [-0.1, -0.05) is 0 Å². The number of nitrogens with two attached hydrogens (primary N) is 1. The molecule has 0 bridgehead atoms. The maximum absolute atomic E-state index is 12.2. The van der Waals surface area contributed by atoms with Crippen LogP contribution in [0.2, 0.25) is 0 Å². The Kier molecular flexibility index (Phi) is 3.34. The fraction of sp³-hybridized carbons (Fsp3) is 0.312. The van der Waals surface area contributed by atoms with E-state index in [4.69, 9.17) is 15.7 Å². The van der Waals surface area contributed by atoms with Crippen molar-refractivity contribution in [3.63, 3.8) is 0 Å². The number of nitrogen functional groups attached to an aromatic ring is 1. The molecule has 1 aromatic carbocycles. The van der Waals surface area contributed by atoms with Crippen molar-refractivity contribution in [2.75, 3.05) is 5.73 Å². The molecule has 0 saturated carbocycles. The average molecular weight is 312 g/mol. The van der Waals surface area contributed by atoms with E-state index >= 15 is 0 Å². The smallest absolute Gasteiger partial charge is 0.350 e. The molecule has 1 aliphatic rings. The van der Waals surface area contributed by atoms with E-state index in [0.717, 1.165) is 0 Å². The highest BCUT2D eigenvalue weighted by molar-refractivity contribution is 5.46. The highest BCUT2D eigenvalue weighted by Gasteiger charge is 2.44. The lowest BCUT2D eigenvalue weighted by atomic mass is 9.85. The molecule has 0 saturated heterocycles. The number of benzene rings is 1. The standard InChI is InChI=1S/C16H16N4O3/c1-16(2)14(21)13(20-6-5-12(18)19-15(20)22)10-7-9(8-17)3-4-11(10)23-16/h3-7,13-14,21H,1-2H3,(H2,18,19,22)/t13?,14-/m0/s1. The topological polar surface area (TPSA) is 114 Å². The predicted octanol–water partition coefficient (Wildman–Crippen LogP) is 0.818. The van der Waals surface area contributed by atoms with Crippen molar-refractivity contribution in [3.8, 4) is 11.8 Å². The van der Waals surface area contributed by atoms with Gasteiger partial charge in [-0.15, -0.1) is 0 Å². The average Bonchev–Trinajstić information content (AvgIpc) is 2.49. The lowest BCUT2D eigenvalue weighted by Crippen LogP contribution is -2.52. The molecule has 7 nitrogen and oxygen atoms in total. The summed E-state index contributed by atoms with van der Waals surface area (Å²) in [5, 5.41) is 19.8. The van der Waals surface area contributed by atoms with E-state index in [-0.39, 0.29) is 5.82 Å². The molecule has 1 aliphatic heterocycles. The summed E-state index contributed by atoms with van der Waals surface area (Å²) >= 11 is 0. The highest BCUT2D eigenvalue weighted by atomic mass is 16.5. The second-order valence-corrected chi connectivity index (χ2v) is 6.00. The first-order chi connectivity index (χ1) is 10.8. The summed E-state index contributed by atoms with van der Waals surface area (Å²) in [4.78, 5) is 15.9. The summed E-state index contributed by atoms with van der Waals surface area (Å²) in [6, 6.07) is 7.73. The van der Waals surface area contributed by atoms with E-state index in [9.17, 15) is 9.90 Å². The summed E-state index contributed by atoms with van der Waals surface area (Å²) < 4.78 is 7.14. The molecule has 118 valence electrons. The van der Waals surface area contributed by atoms with Crippen LogP contribution in [-0.4, -0.2) is 26.4 Å². The summed E-state index contributed by atoms with van der Waals surface area (Å²) in [6.45, 7) is 3.48. The van der Waals surface area contributed by atoms with Crippen LogP contribution in [0, 0.1) is 11.3 Å². The Hall–Kier alpha value is -2.85. The molecule has 3 rings (SSSR count). The zero-order chi connectivity index (χ0) is 16.8. The van der Waals surface area contributed by atoms with Gasteiger partial charge in [-0.3, -0.25) is 4.57 Å². The SMILES string of the molecule is CC1(C)Oc2ccc(C#N)cc2C(n2ccc(N)nc2=O)[C@@H]1O. The number of hydrogen-bond donors (Lipinski definition) is 2. The molecular formula is C16H16N4O3. The van der Waals surface area contributed by atoms with Gasteiger partial charge in [0.2, 0.25) is 0 Å². The van der Waals surface area contributed by atoms with Crippen LogP contribution in [0.3, 0.4) is 0 Å². The minimum Gasteiger partial charge on any atom is -0.485 e. The van der Waals surface area contributed by atoms with Gasteiger partial charge >= 0.3 is 5.69 Å². The van der Waals surface area contributed by atoms with Crippen LogP contribution in [-0.2, 0) is 0 Å². The van der Waals surface area contributed by atoms with E-state index in [1.165, 1.54) is 16.8 Å². The van der Waals surface area contributed by atoms with E-state index in [1.807, 2.05) is 6.07 Å². The molecule has 1 aromatic heterocycles. The van der Waals surface area contributed by atoms with Crippen LogP contribution in [0.25, 0.3) is 0 Å². The van der Waals surface area contributed by atoms with Gasteiger partial charge in [-0.05, 0) is 38.1 Å². The van der Waals surface area contributed by atoms with Gasteiger partial charge in [-0.25, -0.2) is 4.79 Å². The van der Waals surface area contributed by atoms with E-state index in [0.29, 0.717) is 16.9 Å². The van der Waals surface area contributed by atoms with Crippen LogP contribution in [0.5, 0.6) is 5.75 Å². The van der Waals surface area contributed by atoms with Crippen molar-refractivity contribution in [2.45, 2.75) is 31.6 Å². The van der Waals surface area contributed by atoms with Crippen molar-refractivity contribution >= 4 is 5.82 Å². The molecule has 0 fully saturated rings. The third-order valence-corrected chi connectivity index (χ3v) is 3.99. The van der Waals surface area contributed by atoms with E-state index in [1.54, 1.807) is 32.0 Å². The van der Waals surface area contributed by atoms with Crippen molar-refractivity contribution in [3.05, 3.63) is 52.1 Å². The van der Waals surface area contributed by atoms with E-state index < -0.39 is 23.4 Å². The Bertz CT molecular complexity index is 866. The predicted molar refractivity (Wildman–Crippen MR) is 82.9 cm³/mol. The molecule has 2 aromatic rings. The molecule has 0 spiro atoms. The largest absolute Gasteiger partial charge is 0.485 e. The third-order valence-electron chi connectivity index (χ3n) is 3.99. The monoisotopic (exact) mass is 312 g/mol. The summed E-state index contributed by atoms with van der Waals surface area (Å²) in [6.07, 6.45) is 0.482. The second kappa shape index (κ2) is 5.11. The Morgan fingerprint density at radius 2 is 2.17 bits per heavy atom. The van der Waals surface area contributed by atoms with Gasteiger partial charge < -0.3 is 15.6 Å². The molecule has 3 N–H and O–H groups in total. The molecule has 0 amide bonds. The molecule has 0 radical (unpaired) electrons. The summed E-state index contributed by atoms with van der Waals surface area (Å²) in [7, 11) is 0. The number of anilines is 1. The number of aromatic nitrogens is 2. The number of aliphatic hydroxyl groups excluding tert-OH is 1. The fourth-order valence-corrected chi connectivity index (χ4v) is 2.78. The van der Waals surface area contributed by atoms with Gasteiger partial charge in [0.25, 0.3) is 0 Å². The highest BCUT2D eigenvalue weighted by Crippen LogP contribution is 2.41. The first kappa shape index (κ1) is 15.1. The third kappa shape index (κ3) is 2.43. The van der Waals surface area contributed by atoms with Crippen molar-refractivity contribution in [1.82, 2.24) is 9.55 Å². The zero-order valence-corrected chi connectivity index (χ0v) is 12.7. The first-order valence-corrected chi connectivity index (χ1v) is 7.09. The fourth-order valence-electron chi connectivity index (χ4n) is 2.78. The Balaban J connectivity index is 2.26. The lowest BCUT2D eigenvalue weighted by molar-refractivity contribution is -0.0644. The first-order valence-electron chi connectivity index (χ1n) is 7.09. The second-order valence-electron chi connectivity index (χ2n) is 6.00. The Morgan fingerprint density at radius 1 is 1.43 bits per heavy atom. The van der Waals surface area contributed by atoms with Gasteiger partial charge in [-0.2, -0.15) is 10.2 Å². The molecule has 2 atom stereocenters. The molecule has 1 unspecified atom stereocenters. The number of rotatable bonds is 1. The van der Waals surface area contributed by atoms with Gasteiger partial charge in [0.05, 0.1) is 17.7 Å². The number of nitriles is 1. The lowest BCUT2D eigenvalue weighted by Gasteiger charge is -2.42. The van der Waals surface area contributed by atoms with Crippen molar-refractivity contribution < 1.29 is 9.84 Å². The molecule has 2 heterocycles. The molecular weight excluding hydrogens is 296 g/mol. The quantitative estimate of drug-likeness (QED) is 0.805. The molecule has 23 heavy (non-hydrogen) atoms. The maximum Gasteiger partial charge on any atom is 0.350 e. The minimum atomic E-state index is -1.01. The van der Waals surface area contributed by atoms with Crippen LogP contribution in [0.1, 0.15) is 31.0 Å². The molecule has 0 aliphatic carbocycles. The Labute approximate surface area is 132 Å². The van der Waals surface area contributed by atoms with Crippen LogP contribution in [0.15, 0.2) is 35.3 Å². The minimum absolute atomic E-state index is 0.109. The van der Waals surface area contributed by atoms with Crippen LogP contribution in [0.4, 0.5) is 5.82 Å². The zero-order valence-electron chi connectivity index (χ0n) is 12.7. The van der Waals surface area contributed by atoms with Gasteiger partial charge in [0, 0.05) is 11.8 Å². The van der Waals surface area contributed by atoms with Gasteiger partial charge in [0.1, 0.15) is 23.3 Å². The van der Waals surface area contributed by atoms with Crippen LogP contribution >= 0.6 is 0 Å². The van der Waals surface area contributed by atoms with Crippen molar-refractivity contribution in [2.24, 2.45) is 0 Å².